The number of carbonyl (C=O) groups is 1. The number of halogens is 1. The van der Waals surface area contributed by atoms with E-state index in [2.05, 4.69) is 56.1 Å². The molecule has 3 N–H and O–H groups in total. The number of rotatable bonds is 1. The zero-order chi connectivity index (χ0) is 19.9. The van der Waals surface area contributed by atoms with E-state index in [0.29, 0.717) is 10.6 Å². The molecule has 0 atom stereocenters. The molecule has 0 unspecified atom stereocenters. The molecule has 3 nitrogen and oxygen atoms in total. The van der Waals surface area contributed by atoms with Crippen molar-refractivity contribution in [1.29, 1.82) is 0 Å². The Morgan fingerprint density at radius 1 is 1.04 bits per heavy atom. The molecule has 140 valence electrons. The largest absolute Gasteiger partial charge is 0.366 e. The molecule has 0 aliphatic rings. The van der Waals surface area contributed by atoms with Crippen LogP contribution in [0.3, 0.4) is 0 Å². The molecule has 0 aliphatic heterocycles. The fourth-order valence-corrected chi connectivity index (χ4v) is 2.63. The fraction of sp³-hybridized carbons (Fsp3) is 0.318. The highest BCUT2D eigenvalue weighted by atomic mass is 35.5. The van der Waals surface area contributed by atoms with Crippen LogP contribution in [0.2, 0.25) is 5.02 Å². The third kappa shape index (κ3) is 5.92. The zero-order valence-corrected chi connectivity index (χ0v) is 17.2. The quantitative estimate of drug-likeness (QED) is 0.521. The monoisotopic (exact) mass is 372 g/mol. The van der Waals surface area contributed by atoms with Gasteiger partial charge in [-0.15, -0.1) is 0 Å². The topological polar surface area (TPSA) is 58.9 Å². The van der Waals surface area contributed by atoms with E-state index in [0.717, 1.165) is 5.56 Å². The van der Waals surface area contributed by atoms with Gasteiger partial charge in [0.1, 0.15) is 0 Å². The van der Waals surface area contributed by atoms with Crippen LogP contribution in [0.4, 0.5) is 0 Å². The number of aromatic nitrogens is 1. The van der Waals surface area contributed by atoms with Gasteiger partial charge in [-0.1, -0.05) is 70.5 Å². The number of amides is 1. The first-order valence-electron chi connectivity index (χ1n) is 8.82. The summed E-state index contributed by atoms with van der Waals surface area (Å²) in [5.74, 6) is -0.491. The number of para-hydroxylation sites is 1. The van der Waals surface area contributed by atoms with E-state index in [4.69, 9.17) is 17.3 Å². The Bertz CT molecular complexity index is 827. The summed E-state index contributed by atoms with van der Waals surface area (Å²) in [6, 6.07) is 15.8. The lowest BCUT2D eigenvalue weighted by Crippen LogP contribution is -2.11. The van der Waals surface area contributed by atoms with Crippen molar-refractivity contribution in [2.75, 3.05) is 0 Å². The van der Waals surface area contributed by atoms with Gasteiger partial charge >= 0.3 is 0 Å². The van der Waals surface area contributed by atoms with Crippen molar-refractivity contribution in [3.63, 3.8) is 0 Å². The van der Waals surface area contributed by atoms with Crippen molar-refractivity contribution < 1.29 is 4.79 Å². The van der Waals surface area contributed by atoms with E-state index in [-0.39, 0.29) is 5.41 Å². The number of carbonyl (C=O) groups excluding carboxylic acids is 1. The molecule has 1 heterocycles. The number of benzene rings is 2. The van der Waals surface area contributed by atoms with Crippen LogP contribution in [0.15, 0.2) is 48.5 Å². The molecule has 0 saturated carbocycles. The van der Waals surface area contributed by atoms with Crippen LogP contribution in [0.1, 0.15) is 56.2 Å². The number of fused-ring (bicyclic) bond motifs is 1. The first-order valence-corrected chi connectivity index (χ1v) is 9.20. The van der Waals surface area contributed by atoms with Gasteiger partial charge in [-0.25, -0.2) is 0 Å². The number of H-pyrrole nitrogens is 1. The minimum Gasteiger partial charge on any atom is -0.366 e. The SMILES string of the molecule is CC.CC(C)(C)c1cc2ccccc2[nH]1.Cc1ccc(C(N)=O)c(Cl)c1. The Kier molecular flexibility index (Phi) is 7.91. The molecule has 26 heavy (non-hydrogen) atoms. The van der Waals surface area contributed by atoms with E-state index in [9.17, 15) is 4.79 Å². The first-order chi connectivity index (χ1) is 12.2. The van der Waals surface area contributed by atoms with Gasteiger partial charge in [0.15, 0.2) is 0 Å². The highest BCUT2D eigenvalue weighted by Crippen LogP contribution is 2.25. The van der Waals surface area contributed by atoms with Gasteiger partial charge in [0.2, 0.25) is 5.91 Å². The van der Waals surface area contributed by atoms with Gasteiger partial charge in [-0.05, 0) is 42.1 Å². The smallest absolute Gasteiger partial charge is 0.250 e. The van der Waals surface area contributed by atoms with E-state index in [1.807, 2.05) is 20.8 Å². The van der Waals surface area contributed by atoms with Crippen molar-refractivity contribution in [3.8, 4) is 0 Å². The van der Waals surface area contributed by atoms with Gasteiger partial charge < -0.3 is 10.7 Å². The van der Waals surface area contributed by atoms with Crippen LogP contribution in [0.25, 0.3) is 10.9 Å². The van der Waals surface area contributed by atoms with Gasteiger partial charge in [0.25, 0.3) is 0 Å². The molecule has 1 amide bonds. The van der Waals surface area contributed by atoms with Gasteiger partial charge in [0, 0.05) is 16.6 Å². The predicted molar refractivity (Wildman–Crippen MR) is 113 cm³/mol. The minimum absolute atomic E-state index is 0.207. The van der Waals surface area contributed by atoms with Crippen molar-refractivity contribution >= 4 is 28.4 Å². The first kappa shape index (κ1) is 21.8. The lowest BCUT2D eigenvalue weighted by molar-refractivity contribution is 0.100. The lowest BCUT2D eigenvalue weighted by Gasteiger charge is -2.15. The van der Waals surface area contributed by atoms with Crippen LogP contribution in [-0.2, 0) is 5.41 Å². The summed E-state index contributed by atoms with van der Waals surface area (Å²) in [5.41, 5.74) is 9.16. The number of hydrogen-bond acceptors (Lipinski definition) is 1. The van der Waals surface area contributed by atoms with Gasteiger partial charge in [0.05, 0.1) is 10.6 Å². The maximum atomic E-state index is 10.7. The van der Waals surface area contributed by atoms with E-state index < -0.39 is 5.91 Å². The fourth-order valence-electron chi connectivity index (χ4n) is 2.30. The molecular formula is C22H29ClN2O. The molecule has 4 heteroatoms. The average Bonchev–Trinajstić information content (AvgIpc) is 3.01. The highest BCUT2D eigenvalue weighted by Gasteiger charge is 2.15. The summed E-state index contributed by atoms with van der Waals surface area (Å²) < 4.78 is 0. The number of primary amides is 1. The van der Waals surface area contributed by atoms with E-state index in [1.165, 1.54) is 16.6 Å². The van der Waals surface area contributed by atoms with Crippen LogP contribution in [-0.4, -0.2) is 10.9 Å². The molecular weight excluding hydrogens is 344 g/mol. The molecule has 0 aliphatic carbocycles. The minimum atomic E-state index is -0.491. The summed E-state index contributed by atoms with van der Waals surface area (Å²) in [5, 5.41) is 1.71. The second-order valence-electron chi connectivity index (χ2n) is 6.87. The summed E-state index contributed by atoms with van der Waals surface area (Å²) >= 11 is 5.72. The van der Waals surface area contributed by atoms with E-state index in [1.54, 1.807) is 18.2 Å². The third-order valence-corrected chi connectivity index (χ3v) is 4.04. The molecule has 0 saturated heterocycles. The van der Waals surface area contributed by atoms with Gasteiger partial charge in [-0.3, -0.25) is 4.79 Å². The van der Waals surface area contributed by atoms with Crippen molar-refractivity contribution in [2.24, 2.45) is 5.73 Å². The summed E-state index contributed by atoms with van der Waals surface area (Å²) in [4.78, 5) is 14.1. The Hall–Kier alpha value is -2.26. The van der Waals surface area contributed by atoms with Crippen LogP contribution in [0.5, 0.6) is 0 Å². The Labute approximate surface area is 161 Å². The molecule has 0 spiro atoms. The standard InChI is InChI=1S/C12H15N.C8H8ClNO.C2H6/c1-12(2,3)11-8-9-6-4-5-7-10(9)13-11;1-5-2-3-6(8(10)11)7(9)4-5;1-2/h4-8,13H,1-3H3;2-4H,1H3,(H2,10,11);1-2H3. The molecule has 3 rings (SSSR count). The molecule has 0 bridgehead atoms. The molecule has 2 aromatic carbocycles. The van der Waals surface area contributed by atoms with Crippen molar-refractivity contribution in [1.82, 2.24) is 4.98 Å². The summed E-state index contributed by atoms with van der Waals surface area (Å²) in [6.45, 7) is 12.6. The highest BCUT2D eigenvalue weighted by molar-refractivity contribution is 6.33. The van der Waals surface area contributed by atoms with Gasteiger partial charge in [-0.2, -0.15) is 0 Å². The zero-order valence-electron chi connectivity index (χ0n) is 16.5. The maximum Gasteiger partial charge on any atom is 0.250 e. The number of nitrogens with one attached hydrogen (secondary N) is 1. The Morgan fingerprint density at radius 3 is 2.15 bits per heavy atom. The number of aromatic amines is 1. The summed E-state index contributed by atoms with van der Waals surface area (Å²) in [7, 11) is 0. The van der Waals surface area contributed by atoms with Crippen molar-refractivity contribution in [2.45, 2.75) is 47.0 Å². The van der Waals surface area contributed by atoms with E-state index >= 15 is 0 Å². The predicted octanol–water partition coefficient (Wildman–Crippen LogP) is 6.24. The molecule has 3 aromatic rings. The van der Waals surface area contributed by atoms with Crippen LogP contribution >= 0.6 is 11.6 Å². The van der Waals surface area contributed by atoms with Crippen LogP contribution in [0, 0.1) is 6.92 Å². The Balaban J connectivity index is 0.000000241. The second kappa shape index (κ2) is 9.44. The molecule has 0 radical (unpaired) electrons. The normalized spacial score (nSPS) is 10.4. The average molecular weight is 373 g/mol. The Morgan fingerprint density at radius 2 is 1.65 bits per heavy atom. The molecule has 1 aromatic heterocycles. The van der Waals surface area contributed by atoms with Crippen molar-refractivity contribution in [3.05, 3.63) is 70.4 Å². The number of aryl methyl sites for hydroxylation is 1. The van der Waals surface area contributed by atoms with Crippen LogP contribution < -0.4 is 5.73 Å². The molecule has 0 fully saturated rings. The lowest BCUT2D eigenvalue weighted by atomic mass is 9.92. The second-order valence-corrected chi connectivity index (χ2v) is 7.28. The third-order valence-electron chi connectivity index (χ3n) is 3.73. The summed E-state index contributed by atoms with van der Waals surface area (Å²) in [6.07, 6.45) is 0. The number of hydrogen-bond donors (Lipinski definition) is 2. The maximum absolute atomic E-state index is 10.7. The number of nitrogens with two attached hydrogens (primary N) is 1.